The number of allylic oxidation sites excluding steroid dienone is 4. The molecule has 0 fully saturated rings. The largest absolute Gasteiger partial charge is 0.462 e. The predicted octanol–water partition coefficient (Wildman–Crippen LogP) is 21.4. The summed E-state index contributed by atoms with van der Waals surface area (Å²) >= 11 is 0. The van der Waals surface area contributed by atoms with Crippen molar-refractivity contribution in [1.82, 2.24) is 0 Å². The van der Waals surface area contributed by atoms with E-state index >= 15 is 0 Å². The zero-order chi connectivity index (χ0) is 51.4. The van der Waals surface area contributed by atoms with Crippen LogP contribution < -0.4 is 0 Å². The maximum absolute atomic E-state index is 12.9. The molecule has 0 amide bonds. The molecule has 1 unspecified atom stereocenters. The minimum Gasteiger partial charge on any atom is -0.462 e. The first-order valence-corrected chi connectivity index (χ1v) is 31.8. The second-order valence-corrected chi connectivity index (χ2v) is 21.7. The highest BCUT2D eigenvalue weighted by molar-refractivity contribution is 5.71. The molecule has 0 aromatic rings. The van der Waals surface area contributed by atoms with Gasteiger partial charge in [-0.25, -0.2) is 0 Å². The third-order valence-electron chi connectivity index (χ3n) is 14.4. The minimum atomic E-state index is -0.769. The Balaban J connectivity index is 4.23. The summed E-state index contributed by atoms with van der Waals surface area (Å²) in [4.78, 5) is 38.2. The van der Waals surface area contributed by atoms with Crippen LogP contribution in [-0.4, -0.2) is 37.2 Å². The molecule has 0 saturated heterocycles. The lowest BCUT2D eigenvalue weighted by Gasteiger charge is -2.18. The Kier molecular flexibility index (Phi) is 58.6. The van der Waals surface area contributed by atoms with Gasteiger partial charge in [-0.15, -0.1) is 0 Å². The van der Waals surface area contributed by atoms with Crippen LogP contribution in [0, 0.1) is 0 Å². The monoisotopic (exact) mass is 999 g/mol. The first-order valence-electron chi connectivity index (χ1n) is 31.8. The van der Waals surface area contributed by atoms with E-state index in [1.165, 1.54) is 257 Å². The van der Waals surface area contributed by atoms with Crippen molar-refractivity contribution in [2.45, 2.75) is 361 Å². The number of hydrogen-bond donors (Lipinski definition) is 0. The predicted molar refractivity (Wildman–Crippen MR) is 307 cm³/mol. The molecule has 0 heterocycles. The maximum atomic E-state index is 12.9. The Labute approximate surface area is 443 Å². The number of carbonyl (C=O) groups excluding carboxylic acids is 3. The average Bonchev–Trinajstić information content (AvgIpc) is 3.37. The molecule has 0 N–H and O–H groups in total. The van der Waals surface area contributed by atoms with E-state index in [1.807, 2.05) is 0 Å². The van der Waals surface area contributed by atoms with Crippen molar-refractivity contribution in [2.75, 3.05) is 13.2 Å². The minimum absolute atomic E-state index is 0.0673. The second-order valence-electron chi connectivity index (χ2n) is 21.7. The van der Waals surface area contributed by atoms with Crippen molar-refractivity contribution >= 4 is 17.9 Å². The summed E-state index contributed by atoms with van der Waals surface area (Å²) in [6.07, 6.45) is 71.9. The normalized spacial score (nSPS) is 12.1. The van der Waals surface area contributed by atoms with E-state index in [2.05, 4.69) is 45.1 Å². The molecule has 71 heavy (non-hydrogen) atoms. The molecule has 0 aliphatic carbocycles. The third-order valence-corrected chi connectivity index (χ3v) is 14.4. The van der Waals surface area contributed by atoms with Crippen molar-refractivity contribution in [3.8, 4) is 0 Å². The highest BCUT2D eigenvalue weighted by Crippen LogP contribution is 2.17. The van der Waals surface area contributed by atoms with Gasteiger partial charge >= 0.3 is 17.9 Å². The van der Waals surface area contributed by atoms with Crippen LogP contribution in [0.15, 0.2) is 24.3 Å². The Bertz CT molecular complexity index is 1150. The van der Waals surface area contributed by atoms with E-state index in [9.17, 15) is 14.4 Å². The standard InChI is InChI=1S/C65H122O6/c1-4-7-10-13-16-19-22-24-26-28-30-31-32-33-35-36-38-40-43-46-49-52-55-58-64(67)70-61-62(60-69-63(66)57-54-51-48-45-42-21-18-15-12-9-6-3)71-65(68)59-56-53-50-47-44-41-39-37-34-29-27-25-23-20-17-14-11-8-5-2/h25,27-28,30,62H,4-24,26,29,31-61H2,1-3H3/b27-25-,30-28-. The van der Waals surface area contributed by atoms with Crippen LogP contribution in [-0.2, 0) is 28.6 Å². The molecule has 0 spiro atoms. The van der Waals surface area contributed by atoms with Crippen LogP contribution in [0.1, 0.15) is 355 Å². The van der Waals surface area contributed by atoms with E-state index in [0.717, 1.165) is 57.8 Å². The van der Waals surface area contributed by atoms with E-state index in [-0.39, 0.29) is 31.1 Å². The molecule has 0 aromatic carbocycles. The van der Waals surface area contributed by atoms with Gasteiger partial charge in [0, 0.05) is 19.3 Å². The van der Waals surface area contributed by atoms with Gasteiger partial charge in [0.1, 0.15) is 13.2 Å². The van der Waals surface area contributed by atoms with Gasteiger partial charge in [-0.3, -0.25) is 14.4 Å². The Morgan fingerprint density at radius 1 is 0.268 bits per heavy atom. The van der Waals surface area contributed by atoms with Crippen molar-refractivity contribution < 1.29 is 28.6 Å². The van der Waals surface area contributed by atoms with Crippen molar-refractivity contribution in [2.24, 2.45) is 0 Å². The van der Waals surface area contributed by atoms with Gasteiger partial charge in [-0.2, -0.15) is 0 Å². The smallest absolute Gasteiger partial charge is 0.306 e. The fourth-order valence-electron chi connectivity index (χ4n) is 9.61. The van der Waals surface area contributed by atoms with Gasteiger partial charge in [0.05, 0.1) is 0 Å². The first kappa shape index (κ1) is 68.9. The molecule has 0 bridgehead atoms. The Morgan fingerprint density at radius 2 is 0.465 bits per heavy atom. The lowest BCUT2D eigenvalue weighted by Crippen LogP contribution is -2.30. The van der Waals surface area contributed by atoms with Crippen molar-refractivity contribution in [1.29, 1.82) is 0 Å². The molecule has 6 nitrogen and oxygen atoms in total. The van der Waals surface area contributed by atoms with Crippen LogP contribution in [0.25, 0.3) is 0 Å². The third kappa shape index (κ3) is 58.7. The quantitative estimate of drug-likeness (QED) is 0.0261. The summed E-state index contributed by atoms with van der Waals surface area (Å²) in [6.45, 7) is 6.69. The first-order chi connectivity index (χ1) is 35.0. The van der Waals surface area contributed by atoms with E-state index < -0.39 is 6.10 Å². The van der Waals surface area contributed by atoms with Crippen LogP contribution in [0.5, 0.6) is 0 Å². The molecule has 0 aliphatic rings. The fourth-order valence-corrected chi connectivity index (χ4v) is 9.61. The molecular formula is C65H122O6. The molecule has 418 valence electrons. The van der Waals surface area contributed by atoms with Crippen LogP contribution in [0.3, 0.4) is 0 Å². The Hall–Kier alpha value is -2.11. The summed E-state index contributed by atoms with van der Waals surface area (Å²) in [6, 6.07) is 0. The number of unbranched alkanes of at least 4 members (excludes halogenated alkanes) is 44. The molecule has 0 radical (unpaired) electrons. The van der Waals surface area contributed by atoms with Gasteiger partial charge in [-0.1, -0.05) is 289 Å². The summed E-state index contributed by atoms with van der Waals surface area (Å²) in [7, 11) is 0. The van der Waals surface area contributed by atoms with Gasteiger partial charge in [0.25, 0.3) is 0 Å². The molecule has 1 atom stereocenters. The van der Waals surface area contributed by atoms with Crippen LogP contribution >= 0.6 is 0 Å². The van der Waals surface area contributed by atoms with Gasteiger partial charge in [0.2, 0.25) is 0 Å². The van der Waals surface area contributed by atoms with E-state index in [0.29, 0.717) is 19.3 Å². The average molecular weight is 1000 g/mol. The molecule has 0 saturated carbocycles. The SMILES string of the molecule is CCCCCCCC/C=C\CCCCCCCCCCCC(=O)OC(COC(=O)CCCCCCCCCCCCC)COC(=O)CCCCCCCCCCCCC/C=C\CCCCCCCCCC. The van der Waals surface area contributed by atoms with Gasteiger partial charge < -0.3 is 14.2 Å². The lowest BCUT2D eigenvalue weighted by molar-refractivity contribution is -0.167. The maximum Gasteiger partial charge on any atom is 0.306 e. The van der Waals surface area contributed by atoms with Crippen LogP contribution in [0.4, 0.5) is 0 Å². The van der Waals surface area contributed by atoms with Crippen LogP contribution in [0.2, 0.25) is 0 Å². The topological polar surface area (TPSA) is 78.9 Å². The number of carbonyl (C=O) groups is 3. The van der Waals surface area contributed by atoms with Crippen molar-refractivity contribution in [3.05, 3.63) is 24.3 Å². The van der Waals surface area contributed by atoms with E-state index in [1.54, 1.807) is 0 Å². The number of rotatable bonds is 59. The number of hydrogen-bond acceptors (Lipinski definition) is 6. The van der Waals surface area contributed by atoms with Gasteiger partial charge in [0.15, 0.2) is 6.10 Å². The summed E-state index contributed by atoms with van der Waals surface area (Å²) in [5.41, 5.74) is 0. The summed E-state index contributed by atoms with van der Waals surface area (Å²) in [5.74, 6) is -0.847. The molecule has 0 aromatic heterocycles. The Morgan fingerprint density at radius 3 is 0.704 bits per heavy atom. The zero-order valence-electron chi connectivity index (χ0n) is 48.0. The van der Waals surface area contributed by atoms with E-state index in [4.69, 9.17) is 14.2 Å². The summed E-state index contributed by atoms with van der Waals surface area (Å²) < 4.78 is 16.9. The zero-order valence-corrected chi connectivity index (χ0v) is 48.0. The molecule has 0 aliphatic heterocycles. The molecule has 0 rings (SSSR count). The number of ether oxygens (including phenoxy) is 3. The second kappa shape index (κ2) is 60.4. The number of esters is 3. The summed E-state index contributed by atoms with van der Waals surface area (Å²) in [5, 5.41) is 0. The highest BCUT2D eigenvalue weighted by atomic mass is 16.6. The highest BCUT2D eigenvalue weighted by Gasteiger charge is 2.19. The van der Waals surface area contributed by atoms with Crippen molar-refractivity contribution in [3.63, 3.8) is 0 Å². The lowest BCUT2D eigenvalue weighted by atomic mass is 10.0. The molecular weight excluding hydrogens is 877 g/mol. The molecule has 6 heteroatoms. The fraction of sp³-hybridized carbons (Fsp3) is 0.892. The van der Waals surface area contributed by atoms with Gasteiger partial charge in [-0.05, 0) is 70.6 Å².